The molecule has 4 rings (SSSR count). The summed E-state index contributed by atoms with van der Waals surface area (Å²) in [6.45, 7) is 0.322. The number of ether oxygens (including phenoxy) is 2. The van der Waals surface area contributed by atoms with Gasteiger partial charge in [-0.1, -0.05) is 35.5 Å². The van der Waals surface area contributed by atoms with E-state index in [0.29, 0.717) is 41.7 Å². The van der Waals surface area contributed by atoms with E-state index in [2.05, 4.69) is 15.2 Å². The first-order chi connectivity index (χ1) is 14.7. The van der Waals surface area contributed by atoms with Crippen LogP contribution < -0.4 is 15.0 Å². The second kappa shape index (κ2) is 8.60. The van der Waals surface area contributed by atoms with Gasteiger partial charge in [-0.05, 0) is 18.2 Å². The maximum absolute atomic E-state index is 12.2. The molecule has 2 heterocycles. The van der Waals surface area contributed by atoms with Crippen LogP contribution in [0.3, 0.4) is 0 Å². The number of rotatable bonds is 7. The molecule has 0 spiro atoms. The number of nitrogens with zero attached hydrogens (tertiary/aromatic N) is 4. The van der Waals surface area contributed by atoms with Crippen molar-refractivity contribution in [3.05, 3.63) is 76.9 Å². The highest BCUT2D eigenvalue weighted by Crippen LogP contribution is 2.28. The summed E-state index contributed by atoms with van der Waals surface area (Å²) in [5.74, 6) is 2.08. The number of hydrogen-bond donors (Lipinski definition) is 0. The predicted molar refractivity (Wildman–Crippen MR) is 110 cm³/mol. The molecule has 2 aromatic carbocycles. The van der Waals surface area contributed by atoms with Crippen LogP contribution in [0.1, 0.15) is 5.89 Å². The van der Waals surface area contributed by atoms with Gasteiger partial charge in [0.25, 0.3) is 5.56 Å². The number of benzene rings is 2. The summed E-state index contributed by atoms with van der Waals surface area (Å²) in [5.41, 5.74) is 2.19. The molecule has 0 fully saturated rings. The van der Waals surface area contributed by atoms with Crippen molar-refractivity contribution in [2.75, 3.05) is 14.2 Å². The molecule has 0 N–H and O–H groups in total. The van der Waals surface area contributed by atoms with E-state index in [4.69, 9.17) is 14.0 Å². The van der Waals surface area contributed by atoms with Gasteiger partial charge in [-0.2, -0.15) is 10.1 Å². The van der Waals surface area contributed by atoms with Gasteiger partial charge in [0.1, 0.15) is 11.5 Å². The zero-order chi connectivity index (χ0) is 20.9. The molecule has 0 amide bonds. The maximum Gasteiger partial charge on any atom is 0.266 e. The van der Waals surface area contributed by atoms with Crippen molar-refractivity contribution in [3.8, 4) is 34.1 Å². The highest BCUT2D eigenvalue weighted by Gasteiger charge is 2.12. The zero-order valence-electron chi connectivity index (χ0n) is 16.6. The van der Waals surface area contributed by atoms with Crippen LogP contribution in [0.25, 0.3) is 22.6 Å². The van der Waals surface area contributed by atoms with Gasteiger partial charge in [0.15, 0.2) is 0 Å². The maximum atomic E-state index is 12.2. The fourth-order valence-electron chi connectivity index (χ4n) is 2.98. The van der Waals surface area contributed by atoms with Crippen molar-refractivity contribution in [2.24, 2.45) is 0 Å². The minimum Gasteiger partial charge on any atom is -0.497 e. The van der Waals surface area contributed by atoms with Gasteiger partial charge in [-0.3, -0.25) is 4.79 Å². The molecule has 0 aliphatic carbocycles. The molecule has 0 aliphatic heterocycles. The SMILES string of the molecule is COc1cc(OC)cc(-c2noc(CCn3nc(-c4ccccc4)ccc3=O)n2)c1. The van der Waals surface area contributed by atoms with Crippen molar-refractivity contribution in [3.63, 3.8) is 0 Å². The lowest BCUT2D eigenvalue weighted by Crippen LogP contribution is -2.23. The molecule has 0 unspecified atom stereocenters. The Morgan fingerprint density at radius 2 is 1.67 bits per heavy atom. The first kappa shape index (κ1) is 19.4. The Morgan fingerprint density at radius 1 is 0.933 bits per heavy atom. The van der Waals surface area contributed by atoms with Gasteiger partial charge < -0.3 is 14.0 Å². The Bertz CT molecular complexity index is 1180. The van der Waals surface area contributed by atoms with Gasteiger partial charge in [-0.25, -0.2) is 4.68 Å². The third-order valence-electron chi connectivity index (χ3n) is 4.55. The Kier molecular flexibility index (Phi) is 5.56. The molecule has 0 atom stereocenters. The third-order valence-corrected chi connectivity index (χ3v) is 4.55. The van der Waals surface area contributed by atoms with Crippen LogP contribution >= 0.6 is 0 Å². The Labute approximate surface area is 172 Å². The van der Waals surface area contributed by atoms with Gasteiger partial charge in [-0.15, -0.1) is 0 Å². The lowest BCUT2D eigenvalue weighted by molar-refractivity contribution is 0.367. The molecule has 8 nitrogen and oxygen atoms in total. The number of methoxy groups -OCH3 is 2. The lowest BCUT2D eigenvalue weighted by Gasteiger charge is -2.06. The average molecular weight is 404 g/mol. The molecule has 2 aromatic heterocycles. The van der Waals surface area contributed by atoms with E-state index in [-0.39, 0.29) is 5.56 Å². The topological polar surface area (TPSA) is 92.3 Å². The van der Waals surface area contributed by atoms with Gasteiger partial charge >= 0.3 is 0 Å². The predicted octanol–water partition coefficient (Wildman–Crippen LogP) is 3.22. The fraction of sp³-hybridized carbons (Fsp3) is 0.182. The average Bonchev–Trinajstić information content (AvgIpc) is 3.28. The van der Waals surface area contributed by atoms with Crippen LogP contribution in [0.2, 0.25) is 0 Å². The summed E-state index contributed by atoms with van der Waals surface area (Å²) in [6.07, 6.45) is 0.374. The Morgan fingerprint density at radius 3 is 2.37 bits per heavy atom. The van der Waals surface area contributed by atoms with Crippen LogP contribution in [0, 0.1) is 0 Å². The molecule has 8 heteroatoms. The molecule has 30 heavy (non-hydrogen) atoms. The van der Waals surface area contributed by atoms with E-state index in [1.165, 1.54) is 10.7 Å². The number of aromatic nitrogens is 4. The van der Waals surface area contributed by atoms with Crippen LogP contribution in [-0.2, 0) is 13.0 Å². The quantitative estimate of drug-likeness (QED) is 0.467. The molecule has 0 saturated carbocycles. The van der Waals surface area contributed by atoms with E-state index in [0.717, 1.165) is 11.3 Å². The van der Waals surface area contributed by atoms with Gasteiger partial charge in [0.2, 0.25) is 11.7 Å². The second-order valence-electron chi connectivity index (χ2n) is 6.51. The number of aryl methyl sites for hydroxylation is 2. The van der Waals surface area contributed by atoms with Crippen LogP contribution in [0.5, 0.6) is 11.5 Å². The standard InChI is InChI=1S/C22H20N4O4/c1-28-17-12-16(13-18(14-17)29-2)22-23-20(30-25-22)10-11-26-21(27)9-8-19(24-26)15-6-4-3-5-7-15/h3-9,12-14H,10-11H2,1-2H3. The van der Waals surface area contributed by atoms with Crippen molar-refractivity contribution in [1.82, 2.24) is 19.9 Å². The summed E-state index contributed by atoms with van der Waals surface area (Å²) >= 11 is 0. The molecule has 4 aromatic rings. The Balaban J connectivity index is 1.52. The minimum atomic E-state index is -0.188. The fourth-order valence-corrected chi connectivity index (χ4v) is 2.98. The lowest BCUT2D eigenvalue weighted by atomic mass is 10.1. The summed E-state index contributed by atoms with van der Waals surface area (Å²) in [4.78, 5) is 16.6. The molecule has 152 valence electrons. The van der Waals surface area contributed by atoms with E-state index < -0.39 is 0 Å². The summed E-state index contributed by atoms with van der Waals surface area (Å²) in [5, 5.41) is 8.48. The molecule has 0 bridgehead atoms. The van der Waals surface area contributed by atoms with Crippen molar-refractivity contribution >= 4 is 0 Å². The highest BCUT2D eigenvalue weighted by atomic mass is 16.5. The minimum absolute atomic E-state index is 0.188. The van der Waals surface area contributed by atoms with Crippen LogP contribution in [0.15, 0.2) is 70.0 Å². The normalized spacial score (nSPS) is 10.7. The van der Waals surface area contributed by atoms with E-state index in [1.807, 2.05) is 30.3 Å². The molecule has 0 saturated heterocycles. The van der Waals surface area contributed by atoms with Gasteiger partial charge in [0.05, 0.1) is 26.5 Å². The van der Waals surface area contributed by atoms with Crippen LogP contribution in [-0.4, -0.2) is 34.1 Å². The van der Waals surface area contributed by atoms with Crippen molar-refractivity contribution < 1.29 is 14.0 Å². The monoisotopic (exact) mass is 404 g/mol. The first-order valence-electron chi connectivity index (χ1n) is 9.36. The van der Waals surface area contributed by atoms with E-state index in [1.54, 1.807) is 38.5 Å². The van der Waals surface area contributed by atoms with Crippen molar-refractivity contribution in [2.45, 2.75) is 13.0 Å². The first-order valence-corrected chi connectivity index (χ1v) is 9.36. The summed E-state index contributed by atoms with van der Waals surface area (Å²) in [7, 11) is 3.16. The highest BCUT2D eigenvalue weighted by molar-refractivity contribution is 5.60. The van der Waals surface area contributed by atoms with Gasteiger partial charge in [0, 0.05) is 29.7 Å². The number of hydrogen-bond acceptors (Lipinski definition) is 7. The largest absolute Gasteiger partial charge is 0.497 e. The third kappa shape index (κ3) is 4.22. The molecular formula is C22H20N4O4. The van der Waals surface area contributed by atoms with E-state index >= 15 is 0 Å². The zero-order valence-corrected chi connectivity index (χ0v) is 16.6. The second-order valence-corrected chi connectivity index (χ2v) is 6.51. The molecular weight excluding hydrogens is 384 g/mol. The molecule has 0 radical (unpaired) electrons. The van der Waals surface area contributed by atoms with Crippen LogP contribution in [0.4, 0.5) is 0 Å². The van der Waals surface area contributed by atoms with E-state index in [9.17, 15) is 4.79 Å². The van der Waals surface area contributed by atoms with Crippen molar-refractivity contribution in [1.29, 1.82) is 0 Å². The smallest absolute Gasteiger partial charge is 0.266 e. The summed E-state index contributed by atoms with van der Waals surface area (Å²) in [6, 6.07) is 18.3. The Hall–Kier alpha value is -3.94. The molecule has 0 aliphatic rings. The summed E-state index contributed by atoms with van der Waals surface area (Å²) < 4.78 is 17.3.